The highest BCUT2D eigenvalue weighted by Gasteiger charge is 2.23. The van der Waals surface area contributed by atoms with Gasteiger partial charge in [-0.25, -0.2) is 4.98 Å². The molecule has 3 heterocycles. The van der Waals surface area contributed by atoms with Crippen LogP contribution in [0.3, 0.4) is 0 Å². The number of amides is 1. The molecule has 178 valence electrons. The van der Waals surface area contributed by atoms with Crippen molar-refractivity contribution in [3.05, 3.63) is 83.0 Å². The SMILES string of the molecule is O=C(/C=C/c1ccccc1)N1CCCC(CNc2cc(-c3ccccc3O)nc3c(Br)cnn23)C1. The summed E-state index contributed by atoms with van der Waals surface area (Å²) in [6, 6.07) is 18.9. The Bertz CT molecular complexity index is 1370. The van der Waals surface area contributed by atoms with Gasteiger partial charge in [0.05, 0.1) is 16.4 Å². The van der Waals surface area contributed by atoms with E-state index in [1.165, 1.54) is 0 Å². The number of carbonyl (C=O) groups is 1. The van der Waals surface area contributed by atoms with Crippen LogP contribution in [0.4, 0.5) is 5.82 Å². The van der Waals surface area contributed by atoms with Crippen LogP contribution < -0.4 is 5.32 Å². The van der Waals surface area contributed by atoms with Crippen molar-refractivity contribution < 1.29 is 9.90 Å². The summed E-state index contributed by atoms with van der Waals surface area (Å²) in [5, 5.41) is 18.3. The molecule has 0 aliphatic carbocycles. The van der Waals surface area contributed by atoms with Crippen molar-refractivity contribution in [2.24, 2.45) is 5.92 Å². The standard InChI is InChI=1S/C27H26BrN5O2/c28-22-17-30-33-25(15-23(31-27(22)33)21-10-4-5-11-24(21)34)29-16-20-9-6-14-32(18-20)26(35)13-12-19-7-2-1-3-8-19/h1-5,7-8,10-13,15,17,20,29,34H,6,9,14,16,18H2/b13-12+. The van der Waals surface area contributed by atoms with Crippen molar-refractivity contribution >= 4 is 39.4 Å². The Morgan fingerprint density at radius 2 is 1.97 bits per heavy atom. The lowest BCUT2D eigenvalue weighted by Crippen LogP contribution is -2.41. The molecule has 7 nitrogen and oxygen atoms in total. The van der Waals surface area contributed by atoms with Crippen molar-refractivity contribution in [2.75, 3.05) is 25.0 Å². The van der Waals surface area contributed by atoms with E-state index in [1.807, 2.05) is 59.5 Å². The van der Waals surface area contributed by atoms with Gasteiger partial charge in [-0.2, -0.15) is 9.61 Å². The fourth-order valence-electron chi connectivity index (χ4n) is 4.41. The summed E-state index contributed by atoms with van der Waals surface area (Å²) in [5.74, 6) is 1.32. The van der Waals surface area contributed by atoms with E-state index in [-0.39, 0.29) is 11.7 Å². The minimum atomic E-state index is 0.0442. The van der Waals surface area contributed by atoms with Crippen LogP contribution in [0, 0.1) is 5.92 Å². The Kier molecular flexibility index (Phi) is 6.81. The number of rotatable bonds is 6. The number of para-hydroxylation sites is 1. The van der Waals surface area contributed by atoms with E-state index in [4.69, 9.17) is 4.98 Å². The molecule has 1 aliphatic rings. The number of phenolic OH excluding ortho intramolecular Hbond substituents is 1. The number of piperidine rings is 1. The van der Waals surface area contributed by atoms with Crippen LogP contribution in [0.5, 0.6) is 5.75 Å². The van der Waals surface area contributed by atoms with Crippen LogP contribution in [-0.2, 0) is 4.79 Å². The minimum Gasteiger partial charge on any atom is -0.507 e. The third-order valence-corrected chi connectivity index (χ3v) is 6.79. The molecule has 1 unspecified atom stereocenters. The van der Waals surface area contributed by atoms with Crippen LogP contribution in [0.2, 0.25) is 0 Å². The zero-order valence-corrected chi connectivity index (χ0v) is 20.7. The van der Waals surface area contributed by atoms with E-state index in [0.717, 1.165) is 35.2 Å². The zero-order chi connectivity index (χ0) is 24.2. The maximum atomic E-state index is 12.8. The summed E-state index contributed by atoms with van der Waals surface area (Å²) < 4.78 is 2.53. The molecule has 0 spiro atoms. The van der Waals surface area contributed by atoms with Crippen molar-refractivity contribution in [1.29, 1.82) is 0 Å². The smallest absolute Gasteiger partial charge is 0.246 e. The summed E-state index contributed by atoms with van der Waals surface area (Å²) >= 11 is 3.52. The van der Waals surface area contributed by atoms with Crippen molar-refractivity contribution in [2.45, 2.75) is 12.8 Å². The quantitative estimate of drug-likeness (QED) is 0.333. The maximum absolute atomic E-state index is 12.8. The summed E-state index contributed by atoms with van der Waals surface area (Å²) in [7, 11) is 0. The van der Waals surface area contributed by atoms with Gasteiger partial charge in [-0.05, 0) is 58.5 Å². The van der Waals surface area contributed by atoms with Gasteiger partial charge in [-0.15, -0.1) is 0 Å². The lowest BCUT2D eigenvalue weighted by molar-refractivity contribution is -0.127. The van der Waals surface area contributed by atoms with Gasteiger partial charge in [0.1, 0.15) is 11.6 Å². The predicted molar refractivity (Wildman–Crippen MR) is 141 cm³/mol. The zero-order valence-electron chi connectivity index (χ0n) is 19.1. The van der Waals surface area contributed by atoms with Crippen molar-refractivity contribution in [1.82, 2.24) is 19.5 Å². The Morgan fingerprint density at radius 1 is 1.17 bits per heavy atom. The van der Waals surface area contributed by atoms with Gasteiger partial charge < -0.3 is 15.3 Å². The van der Waals surface area contributed by atoms with E-state index < -0.39 is 0 Å². The summed E-state index contributed by atoms with van der Waals surface area (Å²) in [5.41, 5.74) is 3.00. The van der Waals surface area contributed by atoms with E-state index in [0.29, 0.717) is 35.9 Å². The number of benzene rings is 2. The number of halogens is 1. The highest BCUT2D eigenvalue weighted by Crippen LogP contribution is 2.31. The highest BCUT2D eigenvalue weighted by molar-refractivity contribution is 9.10. The molecule has 1 atom stereocenters. The number of aromatic nitrogens is 3. The van der Waals surface area contributed by atoms with Gasteiger partial charge in [0.25, 0.3) is 0 Å². The molecule has 0 saturated carbocycles. The molecule has 2 aromatic heterocycles. The van der Waals surface area contributed by atoms with Crippen LogP contribution in [0.25, 0.3) is 23.0 Å². The Labute approximate surface area is 212 Å². The maximum Gasteiger partial charge on any atom is 0.246 e. The van der Waals surface area contributed by atoms with Gasteiger partial charge >= 0.3 is 0 Å². The van der Waals surface area contributed by atoms with E-state index in [9.17, 15) is 9.90 Å². The fraction of sp³-hybridized carbons (Fsp3) is 0.222. The second-order valence-corrected chi connectivity index (χ2v) is 9.54. The first-order chi connectivity index (χ1) is 17.1. The number of nitrogens with zero attached hydrogens (tertiary/aromatic N) is 4. The Morgan fingerprint density at radius 3 is 2.80 bits per heavy atom. The second-order valence-electron chi connectivity index (χ2n) is 8.69. The number of phenols is 1. The molecule has 1 saturated heterocycles. The summed E-state index contributed by atoms with van der Waals surface area (Å²) in [6.07, 6.45) is 7.26. The van der Waals surface area contributed by atoms with E-state index in [2.05, 4.69) is 26.3 Å². The van der Waals surface area contributed by atoms with Crippen LogP contribution in [0.15, 0.2) is 77.4 Å². The molecule has 4 aromatic rings. The molecular formula is C27H26BrN5O2. The molecule has 2 aromatic carbocycles. The predicted octanol–water partition coefficient (Wildman–Crippen LogP) is 5.23. The van der Waals surface area contributed by atoms with Crippen LogP contribution in [-0.4, -0.2) is 50.1 Å². The van der Waals surface area contributed by atoms with Gasteiger partial charge in [0, 0.05) is 37.3 Å². The topological polar surface area (TPSA) is 82.8 Å². The van der Waals surface area contributed by atoms with E-state index >= 15 is 0 Å². The molecule has 1 amide bonds. The molecule has 1 aliphatic heterocycles. The van der Waals surface area contributed by atoms with Gasteiger partial charge in [0.15, 0.2) is 5.65 Å². The number of anilines is 1. The molecule has 8 heteroatoms. The summed E-state index contributed by atoms with van der Waals surface area (Å²) in [4.78, 5) is 19.4. The number of fused-ring (bicyclic) bond motifs is 1. The lowest BCUT2D eigenvalue weighted by atomic mass is 9.98. The third kappa shape index (κ3) is 5.22. The molecular weight excluding hydrogens is 506 g/mol. The number of carbonyl (C=O) groups excluding carboxylic acids is 1. The van der Waals surface area contributed by atoms with E-state index in [1.54, 1.807) is 28.9 Å². The number of hydrogen-bond donors (Lipinski definition) is 2. The number of aromatic hydroxyl groups is 1. The third-order valence-electron chi connectivity index (χ3n) is 6.23. The monoisotopic (exact) mass is 531 g/mol. The first-order valence-electron chi connectivity index (χ1n) is 11.7. The highest BCUT2D eigenvalue weighted by atomic mass is 79.9. The van der Waals surface area contributed by atoms with Gasteiger partial charge in [-0.1, -0.05) is 42.5 Å². The minimum absolute atomic E-state index is 0.0442. The first kappa shape index (κ1) is 23.1. The van der Waals surface area contributed by atoms with Crippen LogP contribution >= 0.6 is 15.9 Å². The van der Waals surface area contributed by atoms with Gasteiger partial charge in [0.2, 0.25) is 5.91 Å². The molecule has 0 radical (unpaired) electrons. The average molecular weight is 532 g/mol. The Balaban J connectivity index is 1.30. The lowest BCUT2D eigenvalue weighted by Gasteiger charge is -2.32. The normalized spacial score (nSPS) is 16.1. The van der Waals surface area contributed by atoms with Crippen molar-refractivity contribution in [3.63, 3.8) is 0 Å². The largest absolute Gasteiger partial charge is 0.507 e. The first-order valence-corrected chi connectivity index (χ1v) is 12.5. The molecule has 0 bridgehead atoms. The second kappa shape index (κ2) is 10.3. The average Bonchev–Trinajstić information content (AvgIpc) is 3.27. The molecule has 2 N–H and O–H groups in total. The Hall–Kier alpha value is -3.65. The van der Waals surface area contributed by atoms with Crippen molar-refractivity contribution in [3.8, 4) is 17.0 Å². The number of likely N-dealkylation sites (tertiary alicyclic amines) is 1. The van der Waals surface area contributed by atoms with Gasteiger partial charge in [-0.3, -0.25) is 4.79 Å². The fourth-order valence-corrected chi connectivity index (χ4v) is 4.76. The molecule has 35 heavy (non-hydrogen) atoms. The summed E-state index contributed by atoms with van der Waals surface area (Å²) in [6.45, 7) is 2.18. The number of hydrogen-bond acceptors (Lipinski definition) is 5. The van der Waals surface area contributed by atoms with Crippen LogP contribution in [0.1, 0.15) is 18.4 Å². The molecule has 1 fully saturated rings. The number of nitrogens with one attached hydrogen (secondary N) is 1. The molecule has 5 rings (SSSR count).